The highest BCUT2D eigenvalue weighted by atomic mass is 35.5. The van der Waals surface area contributed by atoms with Crippen LogP contribution < -0.4 is 15.4 Å². The highest BCUT2D eigenvalue weighted by Gasteiger charge is 2.14. The SMILES string of the molecule is COc1ccccc1-n1c(C)cc(CNC(=O)Nc2cc(Cl)ccc2C)c1C. The zero-order valence-electron chi connectivity index (χ0n) is 16.5. The molecule has 0 radical (unpaired) electrons. The lowest BCUT2D eigenvalue weighted by atomic mass is 10.2. The lowest BCUT2D eigenvalue weighted by molar-refractivity contribution is 0.251. The molecular weight excluding hydrogens is 374 g/mol. The van der Waals surface area contributed by atoms with Gasteiger partial charge >= 0.3 is 6.03 Å². The minimum atomic E-state index is -0.271. The van der Waals surface area contributed by atoms with Gasteiger partial charge in [0, 0.05) is 28.6 Å². The van der Waals surface area contributed by atoms with Gasteiger partial charge in [-0.25, -0.2) is 4.79 Å². The maximum absolute atomic E-state index is 12.3. The van der Waals surface area contributed by atoms with E-state index in [1.165, 1.54) is 0 Å². The zero-order chi connectivity index (χ0) is 20.3. The standard InChI is InChI=1S/C22H24ClN3O2/c1-14-9-10-18(23)12-19(14)25-22(27)24-13-17-11-15(2)26(16(17)3)20-7-5-6-8-21(20)28-4/h5-12H,13H2,1-4H3,(H2,24,25,27). The van der Waals surface area contributed by atoms with Crippen LogP contribution >= 0.6 is 11.6 Å². The van der Waals surface area contributed by atoms with Crippen LogP contribution in [0.25, 0.3) is 5.69 Å². The van der Waals surface area contributed by atoms with Crippen molar-refractivity contribution in [3.8, 4) is 11.4 Å². The molecule has 0 fully saturated rings. The second-order valence-corrected chi connectivity index (χ2v) is 7.11. The first-order valence-electron chi connectivity index (χ1n) is 9.03. The van der Waals surface area contributed by atoms with Crippen molar-refractivity contribution in [2.45, 2.75) is 27.3 Å². The van der Waals surface area contributed by atoms with Crippen LogP contribution in [-0.4, -0.2) is 17.7 Å². The minimum Gasteiger partial charge on any atom is -0.495 e. The van der Waals surface area contributed by atoms with Crippen molar-refractivity contribution in [1.29, 1.82) is 0 Å². The largest absolute Gasteiger partial charge is 0.495 e. The van der Waals surface area contributed by atoms with Crippen molar-refractivity contribution in [1.82, 2.24) is 9.88 Å². The first-order valence-corrected chi connectivity index (χ1v) is 9.40. The number of amides is 2. The van der Waals surface area contributed by atoms with Gasteiger partial charge in [0.1, 0.15) is 5.75 Å². The van der Waals surface area contributed by atoms with E-state index in [1.807, 2.05) is 51.1 Å². The summed E-state index contributed by atoms with van der Waals surface area (Å²) in [6, 6.07) is 15.1. The molecule has 5 nitrogen and oxygen atoms in total. The Morgan fingerprint density at radius 3 is 2.61 bits per heavy atom. The summed E-state index contributed by atoms with van der Waals surface area (Å²) in [5.41, 5.74) is 5.80. The van der Waals surface area contributed by atoms with E-state index < -0.39 is 0 Å². The van der Waals surface area contributed by atoms with Gasteiger partial charge in [-0.2, -0.15) is 0 Å². The average Bonchev–Trinajstić information content (AvgIpc) is 2.96. The number of halogens is 1. The van der Waals surface area contributed by atoms with E-state index in [2.05, 4.69) is 21.3 Å². The third-order valence-corrected chi connectivity index (χ3v) is 4.98. The average molecular weight is 398 g/mol. The Labute approximate surface area is 170 Å². The first-order chi connectivity index (χ1) is 13.4. The third kappa shape index (κ3) is 4.15. The number of urea groups is 1. The number of nitrogens with zero attached hydrogens (tertiary/aromatic N) is 1. The van der Waals surface area contributed by atoms with Crippen LogP contribution in [0.5, 0.6) is 5.75 Å². The Balaban J connectivity index is 1.75. The number of ether oxygens (including phenoxy) is 1. The van der Waals surface area contributed by atoms with E-state index in [4.69, 9.17) is 16.3 Å². The molecule has 0 aliphatic heterocycles. The second kappa shape index (κ2) is 8.40. The molecule has 2 N–H and O–H groups in total. The molecule has 0 unspecified atom stereocenters. The summed E-state index contributed by atoms with van der Waals surface area (Å²) in [7, 11) is 1.66. The van der Waals surface area contributed by atoms with Crippen LogP contribution in [0.15, 0.2) is 48.5 Å². The van der Waals surface area contributed by atoms with Crippen molar-refractivity contribution in [3.63, 3.8) is 0 Å². The Kier molecular flexibility index (Phi) is 5.95. The predicted molar refractivity (Wildman–Crippen MR) is 114 cm³/mol. The fourth-order valence-corrected chi connectivity index (χ4v) is 3.44. The van der Waals surface area contributed by atoms with Gasteiger partial charge in [-0.1, -0.05) is 29.8 Å². The second-order valence-electron chi connectivity index (χ2n) is 6.67. The molecule has 2 aromatic carbocycles. The topological polar surface area (TPSA) is 55.3 Å². The fourth-order valence-electron chi connectivity index (χ4n) is 3.26. The van der Waals surface area contributed by atoms with Crippen molar-refractivity contribution < 1.29 is 9.53 Å². The number of anilines is 1. The number of nitrogens with one attached hydrogen (secondary N) is 2. The van der Waals surface area contributed by atoms with Gasteiger partial charge in [0.15, 0.2) is 0 Å². The number of para-hydroxylation sites is 2. The normalized spacial score (nSPS) is 10.6. The van der Waals surface area contributed by atoms with Gasteiger partial charge < -0.3 is 19.9 Å². The number of carbonyl (C=O) groups excluding carboxylic acids is 1. The summed E-state index contributed by atoms with van der Waals surface area (Å²) < 4.78 is 7.63. The molecule has 0 saturated heterocycles. The number of benzene rings is 2. The Morgan fingerprint density at radius 1 is 1.11 bits per heavy atom. The van der Waals surface area contributed by atoms with Crippen LogP contribution in [0, 0.1) is 20.8 Å². The zero-order valence-corrected chi connectivity index (χ0v) is 17.2. The molecule has 1 heterocycles. The van der Waals surface area contributed by atoms with Crippen LogP contribution in [-0.2, 0) is 6.54 Å². The summed E-state index contributed by atoms with van der Waals surface area (Å²) in [4.78, 5) is 12.3. The molecule has 0 bridgehead atoms. The molecule has 146 valence electrons. The van der Waals surface area contributed by atoms with Crippen molar-refractivity contribution in [3.05, 3.63) is 76.1 Å². The molecule has 1 aromatic heterocycles. The minimum absolute atomic E-state index is 0.271. The van der Waals surface area contributed by atoms with Crippen LogP contribution in [0.4, 0.5) is 10.5 Å². The summed E-state index contributed by atoms with van der Waals surface area (Å²) in [5, 5.41) is 6.35. The summed E-state index contributed by atoms with van der Waals surface area (Å²) in [6.07, 6.45) is 0. The van der Waals surface area contributed by atoms with Gasteiger partial charge in [-0.3, -0.25) is 0 Å². The fraction of sp³-hybridized carbons (Fsp3) is 0.227. The molecule has 3 aromatic rings. The van der Waals surface area contributed by atoms with Crippen LogP contribution in [0.2, 0.25) is 5.02 Å². The number of methoxy groups -OCH3 is 1. The quantitative estimate of drug-likeness (QED) is 0.606. The van der Waals surface area contributed by atoms with Crippen molar-refractivity contribution in [2.75, 3.05) is 12.4 Å². The molecule has 2 amide bonds. The Morgan fingerprint density at radius 2 is 1.86 bits per heavy atom. The molecule has 3 rings (SSSR count). The summed E-state index contributed by atoms with van der Waals surface area (Å²) >= 11 is 6.01. The molecule has 0 atom stereocenters. The number of aryl methyl sites for hydroxylation is 2. The summed E-state index contributed by atoms with van der Waals surface area (Å²) in [5.74, 6) is 0.804. The van der Waals surface area contributed by atoms with Gasteiger partial charge in [0.25, 0.3) is 0 Å². The van der Waals surface area contributed by atoms with Gasteiger partial charge in [0.2, 0.25) is 0 Å². The van der Waals surface area contributed by atoms with Crippen molar-refractivity contribution >= 4 is 23.3 Å². The molecule has 6 heteroatoms. The number of hydrogen-bond acceptors (Lipinski definition) is 2. The molecular formula is C22H24ClN3O2. The van der Waals surface area contributed by atoms with Gasteiger partial charge in [-0.15, -0.1) is 0 Å². The molecule has 0 spiro atoms. The third-order valence-electron chi connectivity index (χ3n) is 4.75. The maximum Gasteiger partial charge on any atom is 0.319 e. The van der Waals surface area contributed by atoms with E-state index in [0.29, 0.717) is 17.3 Å². The molecule has 28 heavy (non-hydrogen) atoms. The Hall–Kier alpha value is -2.92. The number of aromatic nitrogens is 1. The molecule has 0 aliphatic rings. The maximum atomic E-state index is 12.3. The van der Waals surface area contributed by atoms with Gasteiger partial charge in [0.05, 0.1) is 12.8 Å². The summed E-state index contributed by atoms with van der Waals surface area (Å²) in [6.45, 7) is 6.42. The highest BCUT2D eigenvalue weighted by molar-refractivity contribution is 6.31. The lowest BCUT2D eigenvalue weighted by Gasteiger charge is -2.14. The predicted octanol–water partition coefficient (Wildman–Crippen LogP) is 5.39. The van der Waals surface area contributed by atoms with E-state index in [9.17, 15) is 4.79 Å². The monoisotopic (exact) mass is 397 g/mol. The van der Waals surface area contributed by atoms with Crippen LogP contribution in [0.1, 0.15) is 22.5 Å². The number of rotatable bonds is 5. The van der Waals surface area contributed by atoms with Crippen LogP contribution in [0.3, 0.4) is 0 Å². The van der Waals surface area contributed by atoms with E-state index in [0.717, 1.165) is 34.0 Å². The van der Waals surface area contributed by atoms with E-state index in [1.54, 1.807) is 19.2 Å². The van der Waals surface area contributed by atoms with Crippen molar-refractivity contribution in [2.24, 2.45) is 0 Å². The van der Waals surface area contributed by atoms with E-state index in [-0.39, 0.29) is 6.03 Å². The van der Waals surface area contributed by atoms with E-state index >= 15 is 0 Å². The lowest BCUT2D eigenvalue weighted by Crippen LogP contribution is -2.28. The molecule has 0 aliphatic carbocycles. The van der Waals surface area contributed by atoms with Gasteiger partial charge in [-0.05, 0) is 62.2 Å². The first kappa shape index (κ1) is 19.8. The number of carbonyl (C=O) groups is 1. The Bertz CT molecular complexity index is 1010. The molecule has 0 saturated carbocycles. The smallest absolute Gasteiger partial charge is 0.319 e. The highest BCUT2D eigenvalue weighted by Crippen LogP contribution is 2.28. The number of hydrogen-bond donors (Lipinski definition) is 2.